The lowest BCUT2D eigenvalue weighted by molar-refractivity contribution is 0.476. The highest BCUT2D eigenvalue weighted by atomic mass is 35.5. The first kappa shape index (κ1) is 18.4. The first-order chi connectivity index (χ1) is 10.8. The largest absolute Gasteiger partial charge is 0.505 e. The van der Waals surface area contributed by atoms with E-state index < -0.39 is 0 Å². The molecular formula is C16H10Cl5NO. The number of hydrogen-bond acceptors (Lipinski definition) is 2. The molecule has 0 unspecified atom stereocenters. The standard InChI is InChI=1S/C10H9N.C6HCl5O/c1-8-10-5-3-2-4-9(10)6-7-11-8;7-1-2(8)4(10)6(12)5(11)3(1)9/h2-7H,1H3;12H. The highest BCUT2D eigenvalue weighted by molar-refractivity contribution is 6.55. The molecule has 0 radical (unpaired) electrons. The van der Waals surface area contributed by atoms with Crippen LogP contribution in [0.15, 0.2) is 36.5 Å². The fourth-order valence-corrected chi connectivity index (χ4v) is 2.99. The van der Waals surface area contributed by atoms with Crippen molar-refractivity contribution in [2.75, 3.05) is 0 Å². The summed E-state index contributed by atoms with van der Waals surface area (Å²) in [6.07, 6.45) is 1.84. The Morgan fingerprint density at radius 1 is 0.783 bits per heavy atom. The smallest absolute Gasteiger partial charge is 0.155 e. The Kier molecular flexibility index (Phi) is 6.24. The van der Waals surface area contributed by atoms with Crippen molar-refractivity contribution < 1.29 is 5.11 Å². The number of fused-ring (bicyclic) bond motifs is 1. The zero-order valence-electron chi connectivity index (χ0n) is 11.7. The maximum Gasteiger partial charge on any atom is 0.155 e. The van der Waals surface area contributed by atoms with Gasteiger partial charge in [0.05, 0.1) is 15.1 Å². The maximum atomic E-state index is 9.20. The molecule has 0 aliphatic carbocycles. The van der Waals surface area contributed by atoms with Crippen LogP contribution in [0.25, 0.3) is 10.8 Å². The Morgan fingerprint density at radius 3 is 1.87 bits per heavy atom. The first-order valence-corrected chi connectivity index (χ1v) is 8.24. The molecule has 0 aliphatic rings. The monoisotopic (exact) mass is 407 g/mol. The molecule has 0 aliphatic heterocycles. The minimum Gasteiger partial charge on any atom is -0.505 e. The average molecular weight is 410 g/mol. The SMILES string of the molecule is Cc1nccc2ccccc12.Oc1c(Cl)c(Cl)c(Cl)c(Cl)c1Cl. The quantitative estimate of drug-likeness (QED) is 0.314. The first-order valence-electron chi connectivity index (χ1n) is 6.35. The number of aromatic nitrogens is 1. The van der Waals surface area contributed by atoms with E-state index in [0.29, 0.717) is 0 Å². The highest BCUT2D eigenvalue weighted by Gasteiger charge is 2.18. The van der Waals surface area contributed by atoms with Crippen LogP contribution in [0.1, 0.15) is 5.69 Å². The average Bonchev–Trinajstić information content (AvgIpc) is 2.58. The second kappa shape index (κ2) is 7.78. The van der Waals surface area contributed by atoms with Gasteiger partial charge in [-0.1, -0.05) is 82.3 Å². The second-order valence-electron chi connectivity index (χ2n) is 4.54. The van der Waals surface area contributed by atoms with Crippen molar-refractivity contribution in [1.29, 1.82) is 0 Å². The number of aromatic hydroxyl groups is 1. The summed E-state index contributed by atoms with van der Waals surface area (Å²) in [6, 6.07) is 10.3. The van der Waals surface area contributed by atoms with Gasteiger partial charge in [-0.05, 0) is 18.4 Å². The van der Waals surface area contributed by atoms with Crippen LogP contribution < -0.4 is 0 Å². The number of halogens is 5. The van der Waals surface area contributed by atoms with E-state index in [1.165, 1.54) is 10.8 Å². The van der Waals surface area contributed by atoms with Crippen LogP contribution in [0.4, 0.5) is 0 Å². The van der Waals surface area contributed by atoms with E-state index in [9.17, 15) is 5.11 Å². The highest BCUT2D eigenvalue weighted by Crippen LogP contribution is 2.47. The summed E-state index contributed by atoms with van der Waals surface area (Å²) in [4.78, 5) is 4.21. The summed E-state index contributed by atoms with van der Waals surface area (Å²) in [7, 11) is 0. The van der Waals surface area contributed by atoms with Gasteiger partial charge < -0.3 is 5.11 Å². The van der Waals surface area contributed by atoms with Crippen LogP contribution in [0.3, 0.4) is 0 Å². The Balaban J connectivity index is 0.000000167. The molecule has 23 heavy (non-hydrogen) atoms. The van der Waals surface area contributed by atoms with Crippen molar-refractivity contribution in [1.82, 2.24) is 4.98 Å². The molecule has 0 saturated carbocycles. The van der Waals surface area contributed by atoms with E-state index in [0.717, 1.165) is 5.69 Å². The normalized spacial score (nSPS) is 10.3. The van der Waals surface area contributed by atoms with Crippen LogP contribution in [-0.4, -0.2) is 10.1 Å². The topological polar surface area (TPSA) is 33.1 Å². The fourth-order valence-electron chi connectivity index (χ4n) is 1.86. The molecule has 7 heteroatoms. The third-order valence-electron chi connectivity index (χ3n) is 3.06. The Hall–Kier alpha value is -0.900. The Bertz CT molecular complexity index is 756. The summed E-state index contributed by atoms with van der Waals surface area (Å²) in [5, 5.41) is 11.5. The second-order valence-corrected chi connectivity index (χ2v) is 6.43. The number of nitrogens with zero attached hydrogens (tertiary/aromatic N) is 1. The van der Waals surface area contributed by atoms with Gasteiger partial charge in [0.25, 0.3) is 0 Å². The van der Waals surface area contributed by atoms with E-state index in [1.807, 2.05) is 31.3 Å². The zero-order valence-corrected chi connectivity index (χ0v) is 15.5. The predicted molar refractivity (Wildman–Crippen MR) is 99.6 cm³/mol. The summed E-state index contributed by atoms with van der Waals surface area (Å²) in [5.41, 5.74) is 1.10. The van der Waals surface area contributed by atoms with E-state index >= 15 is 0 Å². The molecule has 1 heterocycles. The molecule has 2 nitrogen and oxygen atoms in total. The summed E-state index contributed by atoms with van der Waals surface area (Å²) in [6.45, 7) is 2.03. The van der Waals surface area contributed by atoms with E-state index in [1.54, 1.807) is 0 Å². The van der Waals surface area contributed by atoms with Crippen LogP contribution in [0, 0.1) is 6.92 Å². The van der Waals surface area contributed by atoms with Gasteiger partial charge in [0.15, 0.2) is 5.75 Å². The molecule has 120 valence electrons. The molecule has 0 spiro atoms. The summed E-state index contributed by atoms with van der Waals surface area (Å²) < 4.78 is 0. The molecule has 0 atom stereocenters. The summed E-state index contributed by atoms with van der Waals surface area (Å²) >= 11 is 27.9. The number of hydrogen-bond donors (Lipinski definition) is 1. The number of benzene rings is 2. The Labute approximate surface area is 158 Å². The van der Waals surface area contributed by atoms with Crippen LogP contribution in [0.5, 0.6) is 5.75 Å². The van der Waals surface area contributed by atoms with Crippen molar-refractivity contribution >= 4 is 68.8 Å². The van der Waals surface area contributed by atoms with E-state index in [-0.39, 0.29) is 30.9 Å². The lowest BCUT2D eigenvalue weighted by atomic mass is 10.1. The van der Waals surface area contributed by atoms with Gasteiger partial charge in [-0.25, -0.2) is 0 Å². The van der Waals surface area contributed by atoms with Gasteiger partial charge in [-0.3, -0.25) is 4.98 Å². The molecule has 0 amide bonds. The summed E-state index contributed by atoms with van der Waals surface area (Å²) in [5.74, 6) is -0.363. The third kappa shape index (κ3) is 3.96. The van der Waals surface area contributed by atoms with E-state index in [2.05, 4.69) is 17.1 Å². The number of phenolic OH excluding ortho intramolecular Hbond substituents is 1. The molecular weight excluding hydrogens is 399 g/mol. The van der Waals surface area contributed by atoms with Gasteiger partial charge in [-0.15, -0.1) is 0 Å². The molecule has 1 N–H and O–H groups in total. The third-order valence-corrected chi connectivity index (χ3v) is 5.32. The van der Waals surface area contributed by atoms with Crippen molar-refractivity contribution in [3.63, 3.8) is 0 Å². The minimum atomic E-state index is -0.363. The fraction of sp³-hybridized carbons (Fsp3) is 0.0625. The number of phenols is 1. The molecule has 3 aromatic rings. The van der Waals surface area contributed by atoms with Crippen molar-refractivity contribution in [2.24, 2.45) is 0 Å². The Morgan fingerprint density at radius 2 is 1.30 bits per heavy atom. The number of rotatable bonds is 0. The van der Waals surface area contributed by atoms with Gasteiger partial charge in [0.1, 0.15) is 10.0 Å². The molecule has 0 saturated heterocycles. The molecule has 1 aromatic heterocycles. The lowest BCUT2D eigenvalue weighted by Gasteiger charge is -2.06. The van der Waals surface area contributed by atoms with E-state index in [4.69, 9.17) is 58.0 Å². The molecule has 0 fully saturated rings. The minimum absolute atomic E-state index is 0.00904. The molecule has 0 bridgehead atoms. The predicted octanol–water partition coefficient (Wildman–Crippen LogP) is 7.20. The van der Waals surface area contributed by atoms with Gasteiger partial charge >= 0.3 is 0 Å². The molecule has 3 rings (SSSR count). The van der Waals surface area contributed by atoms with Crippen LogP contribution in [0.2, 0.25) is 25.1 Å². The zero-order chi connectivity index (χ0) is 17.1. The van der Waals surface area contributed by atoms with Gasteiger partial charge in [0.2, 0.25) is 0 Å². The van der Waals surface area contributed by atoms with Crippen molar-refractivity contribution in [2.45, 2.75) is 6.92 Å². The van der Waals surface area contributed by atoms with Crippen LogP contribution in [-0.2, 0) is 0 Å². The van der Waals surface area contributed by atoms with Crippen molar-refractivity contribution in [3.05, 3.63) is 67.3 Å². The number of pyridine rings is 1. The lowest BCUT2D eigenvalue weighted by Crippen LogP contribution is -1.80. The van der Waals surface area contributed by atoms with Gasteiger partial charge in [-0.2, -0.15) is 0 Å². The van der Waals surface area contributed by atoms with Gasteiger partial charge in [0, 0.05) is 17.3 Å². The molecule has 2 aromatic carbocycles. The maximum absolute atomic E-state index is 9.20. The number of aryl methyl sites for hydroxylation is 1. The van der Waals surface area contributed by atoms with Crippen molar-refractivity contribution in [3.8, 4) is 5.75 Å². The van der Waals surface area contributed by atoms with Crippen LogP contribution >= 0.6 is 58.0 Å².